The van der Waals surface area contributed by atoms with E-state index < -0.39 is 0 Å². The highest BCUT2D eigenvalue weighted by molar-refractivity contribution is 7.17. The number of aromatic nitrogens is 4. The lowest BCUT2D eigenvalue weighted by atomic mass is 10.1. The predicted molar refractivity (Wildman–Crippen MR) is 111 cm³/mol. The van der Waals surface area contributed by atoms with Crippen LogP contribution in [0.4, 0.5) is 5.82 Å². The first kappa shape index (κ1) is 17.6. The molecule has 0 spiro atoms. The van der Waals surface area contributed by atoms with E-state index in [1.165, 1.54) is 16.7 Å². The second kappa shape index (κ2) is 7.46. The minimum absolute atomic E-state index is 0.197. The van der Waals surface area contributed by atoms with E-state index in [-0.39, 0.29) is 6.04 Å². The molecule has 1 atom stereocenters. The number of fused-ring (bicyclic) bond motifs is 1. The van der Waals surface area contributed by atoms with Crippen LogP contribution in [0, 0.1) is 0 Å². The Morgan fingerprint density at radius 2 is 2.00 bits per heavy atom. The summed E-state index contributed by atoms with van der Waals surface area (Å²) >= 11 is 1.65. The Morgan fingerprint density at radius 1 is 1.19 bits per heavy atom. The molecule has 6 nitrogen and oxygen atoms in total. The van der Waals surface area contributed by atoms with E-state index in [1.54, 1.807) is 17.7 Å². The summed E-state index contributed by atoms with van der Waals surface area (Å²) in [5, 5.41) is 11.1. The molecule has 1 N–H and O–H groups in total. The maximum atomic E-state index is 4.54. The summed E-state index contributed by atoms with van der Waals surface area (Å²) < 4.78 is 1.83. The predicted octanol–water partition coefficient (Wildman–Crippen LogP) is 3.81. The number of hydrogen-bond acceptors (Lipinski definition) is 6. The molecule has 0 aliphatic rings. The summed E-state index contributed by atoms with van der Waals surface area (Å²) in [4.78, 5) is 12.2. The quantitative estimate of drug-likeness (QED) is 0.553. The van der Waals surface area contributed by atoms with Crippen molar-refractivity contribution in [1.82, 2.24) is 24.6 Å². The van der Waals surface area contributed by atoms with Crippen LogP contribution < -0.4 is 5.32 Å². The van der Waals surface area contributed by atoms with Gasteiger partial charge in [0.1, 0.15) is 17.0 Å². The molecule has 138 valence electrons. The van der Waals surface area contributed by atoms with Gasteiger partial charge in [-0.3, -0.25) is 4.68 Å². The van der Waals surface area contributed by atoms with Gasteiger partial charge in [-0.2, -0.15) is 5.10 Å². The number of hydrogen-bond donors (Lipinski definition) is 1. The van der Waals surface area contributed by atoms with Gasteiger partial charge in [-0.1, -0.05) is 30.3 Å². The van der Waals surface area contributed by atoms with Crippen LogP contribution in [-0.4, -0.2) is 45.3 Å². The molecule has 0 saturated heterocycles. The van der Waals surface area contributed by atoms with Gasteiger partial charge < -0.3 is 10.2 Å². The zero-order chi connectivity index (χ0) is 18.8. The summed E-state index contributed by atoms with van der Waals surface area (Å²) in [6, 6.07) is 10.6. The third-order valence-electron chi connectivity index (χ3n) is 4.65. The fourth-order valence-electron chi connectivity index (χ4n) is 3.24. The molecule has 0 amide bonds. The molecule has 27 heavy (non-hydrogen) atoms. The summed E-state index contributed by atoms with van der Waals surface area (Å²) in [5.41, 5.74) is 3.52. The van der Waals surface area contributed by atoms with Gasteiger partial charge in [0.25, 0.3) is 0 Å². The number of nitrogens with zero attached hydrogens (tertiary/aromatic N) is 5. The monoisotopic (exact) mass is 378 g/mol. The van der Waals surface area contributed by atoms with Gasteiger partial charge in [-0.15, -0.1) is 11.3 Å². The van der Waals surface area contributed by atoms with Crippen molar-refractivity contribution in [2.24, 2.45) is 7.05 Å². The van der Waals surface area contributed by atoms with Gasteiger partial charge in [-0.25, -0.2) is 9.97 Å². The molecular formula is C20H22N6S. The number of rotatable bonds is 6. The second-order valence-electron chi connectivity index (χ2n) is 6.73. The lowest BCUT2D eigenvalue weighted by molar-refractivity contribution is 0.311. The van der Waals surface area contributed by atoms with Crippen LogP contribution in [0.15, 0.2) is 54.4 Å². The van der Waals surface area contributed by atoms with Crippen molar-refractivity contribution in [3.63, 3.8) is 0 Å². The molecule has 4 aromatic rings. The first-order valence-corrected chi connectivity index (χ1v) is 9.68. The lowest BCUT2D eigenvalue weighted by Gasteiger charge is -2.24. The molecule has 3 aromatic heterocycles. The normalized spacial score (nSPS) is 12.6. The van der Waals surface area contributed by atoms with E-state index in [0.717, 1.165) is 22.6 Å². The Balaban J connectivity index is 1.67. The fourth-order valence-corrected chi connectivity index (χ4v) is 4.16. The topological polar surface area (TPSA) is 58.9 Å². The summed E-state index contributed by atoms with van der Waals surface area (Å²) in [7, 11) is 6.10. The standard InChI is InChI=1S/C20H22N6S/c1-25(2)17(15-9-24-26(3)11-15)10-21-19-18-16(14-7-5-4-6-8-14)12-27-20(18)23-13-22-19/h4-9,11-13,17H,10H2,1-3H3,(H,21,22,23). The van der Waals surface area contributed by atoms with E-state index in [9.17, 15) is 0 Å². The number of aryl methyl sites for hydroxylation is 1. The molecule has 0 radical (unpaired) electrons. The van der Waals surface area contributed by atoms with Gasteiger partial charge >= 0.3 is 0 Å². The molecular weight excluding hydrogens is 356 g/mol. The number of anilines is 1. The smallest absolute Gasteiger partial charge is 0.138 e. The van der Waals surface area contributed by atoms with Gasteiger partial charge in [0, 0.05) is 36.3 Å². The number of benzene rings is 1. The first-order valence-electron chi connectivity index (χ1n) is 8.80. The van der Waals surface area contributed by atoms with Crippen molar-refractivity contribution in [1.29, 1.82) is 0 Å². The van der Waals surface area contributed by atoms with Gasteiger partial charge in [0.05, 0.1) is 17.6 Å². The Bertz CT molecular complexity index is 1040. The summed E-state index contributed by atoms with van der Waals surface area (Å²) in [6.07, 6.45) is 5.61. The average molecular weight is 379 g/mol. The van der Waals surface area contributed by atoms with E-state index in [2.05, 4.69) is 75.2 Å². The molecule has 0 bridgehead atoms. The second-order valence-corrected chi connectivity index (χ2v) is 7.58. The van der Waals surface area contributed by atoms with Gasteiger partial charge in [0.15, 0.2) is 0 Å². The van der Waals surface area contributed by atoms with Crippen molar-refractivity contribution < 1.29 is 0 Å². The maximum absolute atomic E-state index is 4.54. The molecule has 0 fully saturated rings. The van der Waals surface area contributed by atoms with E-state index in [4.69, 9.17) is 0 Å². The average Bonchev–Trinajstić information content (AvgIpc) is 3.29. The van der Waals surface area contributed by atoms with Crippen molar-refractivity contribution >= 4 is 27.4 Å². The van der Waals surface area contributed by atoms with Crippen molar-refractivity contribution in [3.8, 4) is 11.1 Å². The first-order chi connectivity index (χ1) is 13.1. The van der Waals surface area contributed by atoms with Crippen LogP contribution in [0.1, 0.15) is 11.6 Å². The van der Waals surface area contributed by atoms with Crippen LogP contribution in [0.25, 0.3) is 21.3 Å². The highest BCUT2D eigenvalue weighted by Crippen LogP contribution is 2.36. The zero-order valence-corrected chi connectivity index (χ0v) is 16.4. The largest absolute Gasteiger partial charge is 0.367 e. The number of thiophene rings is 1. The highest BCUT2D eigenvalue weighted by Gasteiger charge is 2.18. The molecule has 1 aromatic carbocycles. The fraction of sp³-hybridized carbons (Fsp3) is 0.250. The minimum atomic E-state index is 0.197. The minimum Gasteiger partial charge on any atom is -0.367 e. The molecule has 7 heteroatoms. The van der Waals surface area contributed by atoms with E-state index in [0.29, 0.717) is 0 Å². The Kier molecular flexibility index (Phi) is 4.87. The van der Waals surface area contributed by atoms with E-state index in [1.807, 2.05) is 24.0 Å². The molecule has 0 aliphatic heterocycles. The summed E-state index contributed by atoms with van der Waals surface area (Å²) in [6.45, 7) is 0.731. The van der Waals surface area contributed by atoms with Crippen LogP contribution in [0.3, 0.4) is 0 Å². The molecule has 0 aliphatic carbocycles. The molecule has 3 heterocycles. The Morgan fingerprint density at radius 3 is 2.70 bits per heavy atom. The third-order valence-corrected chi connectivity index (χ3v) is 5.54. The van der Waals surface area contributed by atoms with Crippen LogP contribution >= 0.6 is 11.3 Å². The third kappa shape index (κ3) is 3.56. The van der Waals surface area contributed by atoms with Crippen molar-refractivity contribution in [3.05, 3.63) is 60.0 Å². The van der Waals surface area contributed by atoms with Crippen LogP contribution in [0.2, 0.25) is 0 Å². The summed E-state index contributed by atoms with van der Waals surface area (Å²) in [5.74, 6) is 0.871. The Labute approximate surface area is 162 Å². The SMILES string of the molecule is CN(C)C(CNc1ncnc2scc(-c3ccccc3)c12)c1cnn(C)c1. The van der Waals surface area contributed by atoms with Gasteiger partial charge in [-0.05, 0) is 19.7 Å². The van der Waals surface area contributed by atoms with Crippen LogP contribution in [-0.2, 0) is 7.05 Å². The lowest BCUT2D eigenvalue weighted by Crippen LogP contribution is -2.26. The van der Waals surface area contributed by atoms with E-state index >= 15 is 0 Å². The number of likely N-dealkylation sites (N-methyl/N-ethyl adjacent to an activating group) is 1. The van der Waals surface area contributed by atoms with Crippen LogP contribution in [0.5, 0.6) is 0 Å². The molecule has 0 saturated carbocycles. The highest BCUT2D eigenvalue weighted by atomic mass is 32.1. The van der Waals surface area contributed by atoms with Crippen molar-refractivity contribution in [2.45, 2.75) is 6.04 Å². The van der Waals surface area contributed by atoms with Gasteiger partial charge in [0.2, 0.25) is 0 Å². The maximum Gasteiger partial charge on any atom is 0.138 e. The molecule has 4 rings (SSSR count). The number of nitrogens with one attached hydrogen (secondary N) is 1. The van der Waals surface area contributed by atoms with Crippen molar-refractivity contribution in [2.75, 3.05) is 26.0 Å². The Hall–Kier alpha value is -2.77. The zero-order valence-electron chi connectivity index (χ0n) is 15.6. The molecule has 1 unspecified atom stereocenters.